The van der Waals surface area contributed by atoms with Crippen LogP contribution in [0.3, 0.4) is 0 Å². The number of fused-ring (bicyclic) bond motifs is 2. The molecule has 0 aliphatic rings. The molecular weight excluding hydrogens is 464 g/mol. The first-order valence-electron chi connectivity index (χ1n) is 11.4. The van der Waals surface area contributed by atoms with Gasteiger partial charge in [-0.05, 0) is 55.8 Å². The van der Waals surface area contributed by atoms with Crippen LogP contribution in [0.15, 0.2) is 64.5 Å². The van der Waals surface area contributed by atoms with Gasteiger partial charge in [-0.15, -0.1) is 0 Å². The lowest BCUT2D eigenvalue weighted by molar-refractivity contribution is 0.0523. The van der Waals surface area contributed by atoms with E-state index in [4.69, 9.17) is 14.2 Å². The minimum Gasteiger partial charge on any atom is -0.497 e. The first kappa shape index (κ1) is 24.8. The lowest BCUT2D eigenvalue weighted by atomic mass is 10.2. The molecule has 4 aromatic rings. The molecule has 0 aliphatic heterocycles. The number of aromatic nitrogens is 3. The Kier molecular flexibility index (Phi) is 7.55. The fourth-order valence-corrected chi connectivity index (χ4v) is 3.83. The first-order valence-corrected chi connectivity index (χ1v) is 11.4. The van der Waals surface area contributed by atoms with Crippen molar-refractivity contribution in [3.8, 4) is 5.75 Å². The molecule has 0 N–H and O–H groups in total. The topological polar surface area (TPSA) is 113 Å². The van der Waals surface area contributed by atoms with Crippen LogP contribution in [0.5, 0.6) is 5.75 Å². The second-order valence-electron chi connectivity index (χ2n) is 7.83. The maximum Gasteiger partial charge on any atom is 0.341 e. The molecule has 10 nitrogen and oxygen atoms in total. The van der Waals surface area contributed by atoms with Crippen molar-refractivity contribution in [3.05, 3.63) is 81.7 Å². The summed E-state index contributed by atoms with van der Waals surface area (Å²) in [5.74, 6) is -0.671. The van der Waals surface area contributed by atoms with Gasteiger partial charge in [0.1, 0.15) is 22.6 Å². The summed E-state index contributed by atoms with van der Waals surface area (Å²) in [6.45, 7) is 2.49. The summed E-state index contributed by atoms with van der Waals surface area (Å²) in [5.41, 5.74) is 0.738. The Morgan fingerprint density at radius 3 is 2.56 bits per heavy atom. The van der Waals surface area contributed by atoms with Crippen molar-refractivity contribution in [1.82, 2.24) is 14.0 Å². The number of rotatable bonds is 8. The number of carbonyl (C=O) groups is 2. The van der Waals surface area contributed by atoms with Crippen molar-refractivity contribution >= 4 is 28.6 Å². The predicted octanol–water partition coefficient (Wildman–Crippen LogP) is 2.61. The van der Waals surface area contributed by atoms with Gasteiger partial charge in [-0.3, -0.25) is 14.0 Å². The summed E-state index contributed by atoms with van der Waals surface area (Å²) < 4.78 is 18.6. The van der Waals surface area contributed by atoms with Gasteiger partial charge >= 0.3 is 5.97 Å². The van der Waals surface area contributed by atoms with Crippen LogP contribution in [0.2, 0.25) is 0 Å². The van der Waals surface area contributed by atoms with Gasteiger partial charge in [0.05, 0.1) is 19.1 Å². The number of carbonyl (C=O) groups excluding carboxylic acids is 2. The van der Waals surface area contributed by atoms with Gasteiger partial charge in [0.15, 0.2) is 5.49 Å². The Hall–Kier alpha value is -4.31. The normalized spacial score (nSPS) is 11.7. The van der Waals surface area contributed by atoms with Crippen LogP contribution in [0.25, 0.3) is 16.7 Å². The molecule has 0 spiro atoms. The fraction of sp³-hybridized carbons (Fsp3) is 0.269. The highest BCUT2D eigenvalue weighted by atomic mass is 16.5. The monoisotopic (exact) mass is 490 g/mol. The summed E-state index contributed by atoms with van der Waals surface area (Å²) in [6.07, 6.45) is 2.13. The van der Waals surface area contributed by atoms with E-state index >= 15 is 0 Å². The third kappa shape index (κ3) is 4.89. The molecule has 36 heavy (non-hydrogen) atoms. The Morgan fingerprint density at radius 1 is 1.08 bits per heavy atom. The fourth-order valence-electron chi connectivity index (χ4n) is 3.83. The number of ether oxygens (including phenoxy) is 3. The maximum absolute atomic E-state index is 13.3. The number of methoxy groups -OCH3 is 2. The van der Waals surface area contributed by atoms with Crippen molar-refractivity contribution < 1.29 is 23.8 Å². The minimum absolute atomic E-state index is 0.00147. The van der Waals surface area contributed by atoms with E-state index in [1.54, 1.807) is 67.3 Å². The van der Waals surface area contributed by atoms with Crippen molar-refractivity contribution in [2.45, 2.75) is 19.9 Å². The molecular formula is C26H26N4O6. The molecule has 3 aromatic heterocycles. The number of nitrogens with zero attached hydrogens (tertiary/aromatic N) is 4. The van der Waals surface area contributed by atoms with Gasteiger partial charge in [-0.25, -0.2) is 9.78 Å². The number of esters is 1. The number of benzene rings is 1. The molecule has 0 radical (unpaired) electrons. The molecule has 0 saturated heterocycles. The zero-order chi connectivity index (χ0) is 25.7. The Balaban J connectivity index is 2.05. The van der Waals surface area contributed by atoms with E-state index in [-0.39, 0.29) is 28.6 Å². The summed E-state index contributed by atoms with van der Waals surface area (Å²) in [5, 5.41) is 0.204. The number of aryl methyl sites for hydroxylation is 1. The molecule has 186 valence electrons. The number of pyridine rings is 2. The van der Waals surface area contributed by atoms with Crippen LogP contribution in [-0.2, 0) is 16.0 Å². The average Bonchev–Trinajstić information content (AvgIpc) is 2.90. The number of hydrogen-bond acceptors (Lipinski definition) is 7. The highest BCUT2D eigenvalue weighted by Gasteiger charge is 2.20. The van der Waals surface area contributed by atoms with Crippen LogP contribution in [-0.4, -0.2) is 53.3 Å². The number of hydrogen-bond donors (Lipinski definition) is 0. The van der Waals surface area contributed by atoms with E-state index in [1.807, 2.05) is 0 Å². The van der Waals surface area contributed by atoms with Crippen LogP contribution >= 0.6 is 0 Å². The Morgan fingerprint density at radius 2 is 1.86 bits per heavy atom. The quantitative estimate of drug-likeness (QED) is 0.212. The molecule has 3 heterocycles. The second-order valence-corrected chi connectivity index (χ2v) is 7.83. The zero-order valence-electron chi connectivity index (χ0n) is 20.3. The predicted molar refractivity (Wildman–Crippen MR) is 132 cm³/mol. The second kappa shape index (κ2) is 11.0. The molecule has 0 fully saturated rings. The molecule has 1 aromatic carbocycles. The first-order chi connectivity index (χ1) is 17.5. The summed E-state index contributed by atoms with van der Waals surface area (Å²) in [6, 6.07) is 13.1. The van der Waals surface area contributed by atoms with Gasteiger partial charge in [-0.2, -0.15) is 4.99 Å². The lowest BCUT2D eigenvalue weighted by Gasteiger charge is -2.15. The van der Waals surface area contributed by atoms with Gasteiger partial charge < -0.3 is 18.8 Å². The minimum atomic E-state index is -0.696. The van der Waals surface area contributed by atoms with E-state index in [0.717, 1.165) is 0 Å². The molecule has 0 aliphatic carbocycles. The van der Waals surface area contributed by atoms with Gasteiger partial charge in [-0.1, -0.05) is 6.07 Å². The van der Waals surface area contributed by atoms with Gasteiger partial charge in [0.2, 0.25) is 0 Å². The van der Waals surface area contributed by atoms with E-state index < -0.39 is 11.9 Å². The maximum atomic E-state index is 13.3. The van der Waals surface area contributed by atoms with Crippen molar-refractivity contribution in [1.29, 1.82) is 0 Å². The zero-order valence-corrected chi connectivity index (χ0v) is 20.3. The third-order valence-corrected chi connectivity index (χ3v) is 5.56. The third-order valence-electron chi connectivity index (χ3n) is 5.56. The van der Waals surface area contributed by atoms with Gasteiger partial charge in [0, 0.05) is 32.0 Å². The van der Waals surface area contributed by atoms with Crippen molar-refractivity contribution in [2.75, 3.05) is 27.4 Å². The van der Waals surface area contributed by atoms with Crippen LogP contribution in [0.4, 0.5) is 0 Å². The van der Waals surface area contributed by atoms with Crippen LogP contribution < -0.4 is 15.8 Å². The smallest absolute Gasteiger partial charge is 0.341 e. The van der Waals surface area contributed by atoms with Gasteiger partial charge in [0.25, 0.3) is 11.5 Å². The summed E-state index contributed by atoms with van der Waals surface area (Å²) in [4.78, 5) is 48.5. The SMILES string of the molecule is CCOC(=O)c1cc2c(=O)n3ccccc3nc2n(CCCOC)c1=NC(=O)c1ccc(OC)cc1. The van der Waals surface area contributed by atoms with Crippen LogP contribution in [0.1, 0.15) is 34.1 Å². The van der Waals surface area contributed by atoms with E-state index in [0.29, 0.717) is 42.2 Å². The Labute approximate surface area is 206 Å². The van der Waals surface area contributed by atoms with E-state index in [1.165, 1.54) is 17.6 Å². The molecule has 0 saturated carbocycles. The molecule has 10 heteroatoms. The summed E-state index contributed by atoms with van der Waals surface area (Å²) in [7, 11) is 3.11. The van der Waals surface area contributed by atoms with Crippen molar-refractivity contribution in [2.24, 2.45) is 4.99 Å². The molecule has 4 rings (SSSR count). The molecule has 0 atom stereocenters. The highest BCUT2D eigenvalue weighted by Crippen LogP contribution is 2.14. The highest BCUT2D eigenvalue weighted by molar-refractivity contribution is 5.97. The Bertz CT molecular complexity index is 1550. The summed E-state index contributed by atoms with van der Waals surface area (Å²) >= 11 is 0. The van der Waals surface area contributed by atoms with Crippen molar-refractivity contribution in [3.63, 3.8) is 0 Å². The molecule has 0 bridgehead atoms. The average molecular weight is 491 g/mol. The van der Waals surface area contributed by atoms with E-state index in [2.05, 4.69) is 9.98 Å². The van der Waals surface area contributed by atoms with E-state index in [9.17, 15) is 14.4 Å². The van der Waals surface area contributed by atoms with Crippen LogP contribution in [0, 0.1) is 0 Å². The molecule has 1 amide bonds. The standard InChI is InChI=1S/C26H26N4O6/c1-4-36-26(33)20-16-19-22(27-21-8-5-6-13-29(21)25(19)32)30(14-7-15-34-2)23(20)28-24(31)17-9-11-18(35-3)12-10-17/h5-6,8-13,16H,4,7,14-15H2,1-3H3. The molecule has 0 unspecified atom stereocenters. The largest absolute Gasteiger partial charge is 0.497 e. The number of amides is 1. The lowest BCUT2D eigenvalue weighted by Crippen LogP contribution is -2.33.